The first-order valence-electron chi connectivity index (χ1n) is 7.85. The van der Waals surface area contributed by atoms with E-state index in [2.05, 4.69) is 5.32 Å². The van der Waals surface area contributed by atoms with Crippen LogP contribution >= 0.6 is 11.3 Å². The zero-order chi connectivity index (χ0) is 18.9. The fourth-order valence-corrected chi connectivity index (χ4v) is 2.68. The molecule has 1 N–H and O–H groups in total. The minimum Gasteiger partial charge on any atom is -0.451 e. The summed E-state index contributed by atoms with van der Waals surface area (Å²) in [5.41, 5.74) is 1.55. The van der Waals surface area contributed by atoms with Gasteiger partial charge in [-0.2, -0.15) is 5.26 Å². The molecule has 0 aliphatic carbocycles. The Morgan fingerprint density at radius 3 is 2.58 bits per heavy atom. The maximum Gasteiger partial charge on any atom is 0.349 e. The highest BCUT2D eigenvalue weighted by molar-refractivity contribution is 7.09. The average Bonchev–Trinajstić information content (AvgIpc) is 3.16. The van der Waals surface area contributed by atoms with E-state index < -0.39 is 18.5 Å². The minimum absolute atomic E-state index is 0.159. The number of anilines is 1. The molecule has 0 fully saturated rings. The molecule has 7 heteroatoms. The van der Waals surface area contributed by atoms with Crippen LogP contribution in [0, 0.1) is 11.3 Å². The first-order valence-corrected chi connectivity index (χ1v) is 8.73. The molecule has 0 atom stereocenters. The first-order chi connectivity index (χ1) is 12.5. The smallest absolute Gasteiger partial charge is 0.349 e. The number of esters is 1. The highest BCUT2D eigenvalue weighted by Crippen LogP contribution is 2.15. The molecule has 6 nitrogen and oxygen atoms in total. The van der Waals surface area contributed by atoms with Crippen molar-refractivity contribution in [3.05, 3.63) is 57.8 Å². The normalized spacial score (nSPS) is 10.7. The van der Waals surface area contributed by atoms with Crippen LogP contribution in [0.5, 0.6) is 0 Å². The van der Waals surface area contributed by atoms with Gasteiger partial charge in [-0.1, -0.05) is 18.2 Å². The number of nitrogens with one attached hydrogen (secondary N) is 1. The maximum atomic E-state index is 12.0. The van der Waals surface area contributed by atoms with Crippen molar-refractivity contribution in [2.45, 2.75) is 6.54 Å². The third-order valence-electron chi connectivity index (χ3n) is 3.44. The number of amides is 1. The van der Waals surface area contributed by atoms with Gasteiger partial charge in [-0.15, -0.1) is 11.3 Å². The molecular weight excluding hydrogens is 350 g/mol. The number of carbonyl (C=O) groups is 2. The number of hydrogen-bond acceptors (Lipinski definition) is 6. The van der Waals surface area contributed by atoms with Gasteiger partial charge in [-0.25, -0.2) is 4.79 Å². The van der Waals surface area contributed by atoms with E-state index in [1.54, 1.807) is 12.1 Å². The van der Waals surface area contributed by atoms with E-state index in [0.717, 1.165) is 10.6 Å². The maximum absolute atomic E-state index is 12.0. The molecule has 0 aliphatic rings. The van der Waals surface area contributed by atoms with E-state index in [0.29, 0.717) is 12.1 Å². The summed E-state index contributed by atoms with van der Waals surface area (Å²) in [6.45, 7) is -0.0456. The number of nitrogens with zero attached hydrogens (tertiary/aromatic N) is 2. The van der Waals surface area contributed by atoms with Crippen LogP contribution in [0.2, 0.25) is 0 Å². The van der Waals surface area contributed by atoms with E-state index in [9.17, 15) is 9.59 Å². The molecule has 1 heterocycles. The van der Waals surface area contributed by atoms with Crippen molar-refractivity contribution in [2.24, 2.45) is 0 Å². The largest absolute Gasteiger partial charge is 0.451 e. The molecule has 1 aromatic heterocycles. The van der Waals surface area contributed by atoms with Crippen LogP contribution in [0.4, 0.5) is 5.69 Å². The second-order valence-corrected chi connectivity index (χ2v) is 6.62. The lowest BCUT2D eigenvalue weighted by Crippen LogP contribution is -2.28. The number of rotatable bonds is 7. The Labute approximate surface area is 156 Å². The molecular formula is C19H19N3O3S. The number of benzene rings is 1. The van der Waals surface area contributed by atoms with Gasteiger partial charge >= 0.3 is 5.97 Å². The van der Waals surface area contributed by atoms with Crippen LogP contribution in [-0.2, 0) is 20.9 Å². The van der Waals surface area contributed by atoms with Gasteiger partial charge < -0.3 is 15.0 Å². The lowest BCUT2D eigenvalue weighted by Gasteiger charge is -2.11. The fourth-order valence-electron chi connectivity index (χ4n) is 2.03. The Morgan fingerprint density at radius 1 is 1.27 bits per heavy atom. The number of thiophene rings is 1. The third-order valence-corrected chi connectivity index (χ3v) is 4.31. The highest BCUT2D eigenvalue weighted by Gasteiger charge is 2.13. The molecule has 2 aromatic rings. The van der Waals surface area contributed by atoms with E-state index in [4.69, 9.17) is 10.00 Å². The standard InChI is InChI=1S/C19H19N3O3S/c1-22(2)16-7-5-14(6-8-16)10-15(11-20)19(24)25-13-18(23)21-12-17-4-3-9-26-17/h3-10H,12-13H2,1-2H3,(H,21,23)/b15-10+. The molecule has 0 aliphatic heterocycles. The highest BCUT2D eigenvalue weighted by atomic mass is 32.1. The monoisotopic (exact) mass is 369 g/mol. The summed E-state index contributed by atoms with van der Waals surface area (Å²) in [7, 11) is 3.85. The first kappa shape index (κ1) is 19.2. The van der Waals surface area contributed by atoms with Crippen molar-refractivity contribution in [1.82, 2.24) is 5.32 Å². The number of ether oxygens (including phenoxy) is 1. The predicted molar refractivity (Wildman–Crippen MR) is 101 cm³/mol. The molecule has 134 valence electrons. The molecule has 0 unspecified atom stereocenters. The molecule has 1 aromatic carbocycles. The number of carbonyl (C=O) groups excluding carboxylic acids is 2. The van der Waals surface area contributed by atoms with Crippen molar-refractivity contribution in [3.63, 3.8) is 0 Å². The Bertz CT molecular complexity index is 819. The second kappa shape index (κ2) is 9.39. The Kier molecular flexibility index (Phi) is 6.94. The van der Waals surface area contributed by atoms with Crippen LogP contribution in [0.15, 0.2) is 47.4 Å². The average molecular weight is 369 g/mol. The summed E-state index contributed by atoms with van der Waals surface area (Å²) in [6, 6.07) is 13.0. The van der Waals surface area contributed by atoms with Crippen molar-refractivity contribution in [1.29, 1.82) is 5.26 Å². The summed E-state index contributed by atoms with van der Waals surface area (Å²) >= 11 is 1.52. The molecule has 0 bridgehead atoms. The van der Waals surface area contributed by atoms with Gasteiger partial charge in [0.15, 0.2) is 6.61 Å². The molecule has 1 amide bonds. The molecule has 0 radical (unpaired) electrons. The van der Waals surface area contributed by atoms with E-state index in [1.165, 1.54) is 17.4 Å². The molecule has 0 spiro atoms. The number of nitriles is 1. The van der Waals surface area contributed by atoms with Crippen LogP contribution in [-0.4, -0.2) is 32.6 Å². The Balaban J connectivity index is 1.89. The van der Waals surface area contributed by atoms with Gasteiger partial charge in [0.2, 0.25) is 0 Å². The van der Waals surface area contributed by atoms with Crippen LogP contribution in [0.1, 0.15) is 10.4 Å². The van der Waals surface area contributed by atoms with Crippen molar-refractivity contribution >= 4 is 35.0 Å². The van der Waals surface area contributed by atoms with E-state index in [1.807, 2.05) is 54.7 Å². The summed E-state index contributed by atoms with van der Waals surface area (Å²) < 4.78 is 4.91. The summed E-state index contributed by atoms with van der Waals surface area (Å²) in [6.07, 6.45) is 1.44. The molecule has 2 rings (SSSR count). The van der Waals surface area contributed by atoms with Crippen LogP contribution in [0.25, 0.3) is 6.08 Å². The van der Waals surface area contributed by atoms with Crippen LogP contribution < -0.4 is 10.2 Å². The van der Waals surface area contributed by atoms with Gasteiger partial charge in [0.25, 0.3) is 5.91 Å². The van der Waals surface area contributed by atoms with Gasteiger partial charge in [0.1, 0.15) is 11.6 Å². The zero-order valence-corrected chi connectivity index (χ0v) is 15.4. The van der Waals surface area contributed by atoms with E-state index >= 15 is 0 Å². The van der Waals surface area contributed by atoms with Gasteiger partial charge in [0, 0.05) is 24.7 Å². The minimum atomic E-state index is -0.824. The summed E-state index contributed by atoms with van der Waals surface area (Å²) in [5.74, 6) is -1.24. The second-order valence-electron chi connectivity index (χ2n) is 5.59. The lowest BCUT2D eigenvalue weighted by atomic mass is 10.1. The molecule has 0 saturated heterocycles. The summed E-state index contributed by atoms with van der Waals surface area (Å²) in [4.78, 5) is 26.7. The fraction of sp³-hybridized carbons (Fsp3) is 0.211. The Hall–Kier alpha value is -3.11. The van der Waals surface area contributed by atoms with Crippen molar-refractivity contribution in [2.75, 3.05) is 25.6 Å². The molecule has 26 heavy (non-hydrogen) atoms. The summed E-state index contributed by atoms with van der Waals surface area (Å²) in [5, 5.41) is 13.7. The van der Waals surface area contributed by atoms with Gasteiger partial charge in [0.05, 0.1) is 6.54 Å². The van der Waals surface area contributed by atoms with Crippen molar-refractivity contribution in [3.8, 4) is 6.07 Å². The van der Waals surface area contributed by atoms with Gasteiger partial charge in [-0.05, 0) is 35.2 Å². The zero-order valence-electron chi connectivity index (χ0n) is 14.6. The van der Waals surface area contributed by atoms with Gasteiger partial charge in [-0.3, -0.25) is 4.79 Å². The predicted octanol–water partition coefficient (Wildman–Crippen LogP) is 2.58. The number of hydrogen-bond donors (Lipinski definition) is 1. The third kappa shape index (κ3) is 5.76. The van der Waals surface area contributed by atoms with Crippen molar-refractivity contribution < 1.29 is 14.3 Å². The molecule has 0 saturated carbocycles. The van der Waals surface area contributed by atoms with E-state index in [-0.39, 0.29) is 5.57 Å². The Morgan fingerprint density at radius 2 is 2.00 bits per heavy atom. The lowest BCUT2D eigenvalue weighted by molar-refractivity contribution is -0.144. The quantitative estimate of drug-likeness (QED) is 0.461. The van der Waals surface area contributed by atoms with Crippen LogP contribution in [0.3, 0.4) is 0 Å². The topological polar surface area (TPSA) is 82.4 Å². The SMILES string of the molecule is CN(C)c1ccc(/C=C(\C#N)C(=O)OCC(=O)NCc2cccs2)cc1.